The van der Waals surface area contributed by atoms with Gasteiger partial charge in [0.05, 0.1) is 11.5 Å². The number of carbonyl (C=O) groups is 3. The van der Waals surface area contributed by atoms with Crippen molar-refractivity contribution >= 4 is 34.8 Å². The molecule has 0 bridgehead atoms. The molecular formula is C20H18F3N3O3. The van der Waals surface area contributed by atoms with Gasteiger partial charge in [0, 0.05) is 37.0 Å². The molecule has 0 spiro atoms. The number of hydrogen-bond acceptors (Lipinski definition) is 3. The molecule has 0 saturated carbocycles. The molecule has 2 N–H and O–H groups in total. The molecule has 29 heavy (non-hydrogen) atoms. The summed E-state index contributed by atoms with van der Waals surface area (Å²) in [5, 5.41) is 5.07. The fourth-order valence-electron chi connectivity index (χ4n) is 3.08. The van der Waals surface area contributed by atoms with Gasteiger partial charge in [-0.1, -0.05) is 6.07 Å². The van der Waals surface area contributed by atoms with Gasteiger partial charge in [0.1, 0.15) is 0 Å². The maximum Gasteiger partial charge on any atom is 0.416 e. The van der Waals surface area contributed by atoms with E-state index in [1.807, 2.05) is 0 Å². The average Bonchev–Trinajstić information content (AvgIpc) is 3.03. The van der Waals surface area contributed by atoms with Gasteiger partial charge in [-0.25, -0.2) is 0 Å². The monoisotopic (exact) mass is 405 g/mol. The van der Waals surface area contributed by atoms with Crippen LogP contribution in [0, 0.1) is 5.92 Å². The Balaban J connectivity index is 1.67. The van der Waals surface area contributed by atoms with Crippen molar-refractivity contribution < 1.29 is 27.6 Å². The third-order valence-corrected chi connectivity index (χ3v) is 4.45. The molecule has 3 rings (SSSR count). The maximum absolute atomic E-state index is 12.8. The number of halogens is 3. The lowest BCUT2D eigenvalue weighted by Gasteiger charge is -2.17. The highest BCUT2D eigenvalue weighted by Crippen LogP contribution is 2.31. The summed E-state index contributed by atoms with van der Waals surface area (Å²) in [5.41, 5.74) is 0.305. The molecule has 2 aromatic carbocycles. The molecule has 9 heteroatoms. The van der Waals surface area contributed by atoms with E-state index in [1.165, 1.54) is 24.0 Å². The van der Waals surface area contributed by atoms with E-state index in [2.05, 4.69) is 10.6 Å². The van der Waals surface area contributed by atoms with Crippen LogP contribution in [0.3, 0.4) is 0 Å². The van der Waals surface area contributed by atoms with Crippen molar-refractivity contribution in [1.29, 1.82) is 0 Å². The standard InChI is InChI=1S/C20H18F3N3O3/c1-12(27)24-15-5-7-17(8-6-15)26-11-13(9-18(26)28)19(29)25-16-4-2-3-14(10-16)20(21,22)23/h2-8,10,13H,9,11H2,1H3,(H,24,27)(H,25,29). The topological polar surface area (TPSA) is 78.5 Å². The Bertz CT molecular complexity index is 942. The number of nitrogens with one attached hydrogen (secondary N) is 2. The molecule has 0 radical (unpaired) electrons. The first kappa shape index (κ1) is 20.4. The highest BCUT2D eigenvalue weighted by atomic mass is 19.4. The Morgan fingerprint density at radius 1 is 1.03 bits per heavy atom. The van der Waals surface area contributed by atoms with Crippen LogP contribution in [0.5, 0.6) is 0 Å². The van der Waals surface area contributed by atoms with E-state index in [1.54, 1.807) is 24.3 Å². The van der Waals surface area contributed by atoms with Crippen LogP contribution in [0.4, 0.5) is 30.2 Å². The van der Waals surface area contributed by atoms with E-state index in [4.69, 9.17) is 0 Å². The van der Waals surface area contributed by atoms with Crippen LogP contribution in [0.15, 0.2) is 48.5 Å². The number of amides is 3. The zero-order valence-corrected chi connectivity index (χ0v) is 15.4. The van der Waals surface area contributed by atoms with Crippen LogP contribution in [-0.4, -0.2) is 24.3 Å². The van der Waals surface area contributed by atoms with E-state index in [9.17, 15) is 27.6 Å². The molecule has 1 aliphatic heterocycles. The zero-order chi connectivity index (χ0) is 21.2. The van der Waals surface area contributed by atoms with Crippen LogP contribution in [0.25, 0.3) is 0 Å². The summed E-state index contributed by atoms with van der Waals surface area (Å²) in [4.78, 5) is 37.3. The molecule has 0 aliphatic carbocycles. The zero-order valence-electron chi connectivity index (χ0n) is 15.4. The van der Waals surface area contributed by atoms with E-state index in [0.717, 1.165) is 12.1 Å². The smallest absolute Gasteiger partial charge is 0.326 e. The van der Waals surface area contributed by atoms with Gasteiger partial charge in [-0.05, 0) is 42.5 Å². The highest BCUT2D eigenvalue weighted by molar-refractivity contribution is 6.03. The SMILES string of the molecule is CC(=O)Nc1ccc(N2CC(C(=O)Nc3cccc(C(F)(F)F)c3)CC2=O)cc1. The van der Waals surface area contributed by atoms with Crippen LogP contribution in [0.2, 0.25) is 0 Å². The van der Waals surface area contributed by atoms with Crippen molar-refractivity contribution in [2.24, 2.45) is 5.92 Å². The molecule has 0 aromatic heterocycles. The molecule has 1 saturated heterocycles. The van der Waals surface area contributed by atoms with E-state index in [-0.39, 0.29) is 30.5 Å². The lowest BCUT2D eigenvalue weighted by atomic mass is 10.1. The van der Waals surface area contributed by atoms with Crippen LogP contribution in [0.1, 0.15) is 18.9 Å². The lowest BCUT2D eigenvalue weighted by Crippen LogP contribution is -2.28. The van der Waals surface area contributed by atoms with Crippen molar-refractivity contribution in [2.75, 3.05) is 22.1 Å². The van der Waals surface area contributed by atoms with Crippen molar-refractivity contribution in [3.8, 4) is 0 Å². The molecule has 1 fully saturated rings. The molecule has 1 unspecified atom stereocenters. The van der Waals surface area contributed by atoms with E-state index in [0.29, 0.717) is 11.4 Å². The Labute approximate surface area is 164 Å². The molecule has 1 heterocycles. The molecule has 3 amide bonds. The van der Waals surface area contributed by atoms with Gasteiger partial charge >= 0.3 is 6.18 Å². The normalized spacial score (nSPS) is 16.6. The summed E-state index contributed by atoms with van der Waals surface area (Å²) in [7, 11) is 0. The largest absolute Gasteiger partial charge is 0.416 e. The fraction of sp³-hybridized carbons (Fsp3) is 0.250. The third kappa shape index (κ3) is 4.92. The summed E-state index contributed by atoms with van der Waals surface area (Å²) >= 11 is 0. The van der Waals surface area contributed by atoms with Gasteiger partial charge in [-0.3, -0.25) is 14.4 Å². The van der Waals surface area contributed by atoms with Gasteiger partial charge < -0.3 is 15.5 Å². The number of rotatable bonds is 4. The Morgan fingerprint density at radius 2 is 1.72 bits per heavy atom. The van der Waals surface area contributed by atoms with Crippen LogP contribution in [-0.2, 0) is 20.6 Å². The Hall–Kier alpha value is -3.36. The molecule has 2 aromatic rings. The summed E-state index contributed by atoms with van der Waals surface area (Å²) in [6.45, 7) is 1.49. The van der Waals surface area contributed by atoms with Gasteiger partial charge in [0.2, 0.25) is 17.7 Å². The Kier molecular flexibility index (Phi) is 5.58. The predicted molar refractivity (Wildman–Crippen MR) is 101 cm³/mol. The minimum atomic E-state index is -4.51. The summed E-state index contributed by atoms with van der Waals surface area (Å²) in [5.74, 6) is -1.69. The van der Waals surface area contributed by atoms with E-state index < -0.39 is 23.6 Å². The third-order valence-electron chi connectivity index (χ3n) is 4.45. The van der Waals surface area contributed by atoms with Gasteiger partial charge in [-0.15, -0.1) is 0 Å². The van der Waals surface area contributed by atoms with Crippen molar-refractivity contribution in [3.05, 3.63) is 54.1 Å². The lowest BCUT2D eigenvalue weighted by molar-refractivity contribution is -0.137. The number of anilines is 3. The fourth-order valence-corrected chi connectivity index (χ4v) is 3.08. The van der Waals surface area contributed by atoms with Crippen LogP contribution >= 0.6 is 0 Å². The van der Waals surface area contributed by atoms with E-state index >= 15 is 0 Å². The number of carbonyl (C=O) groups excluding carboxylic acids is 3. The maximum atomic E-state index is 12.8. The molecule has 152 valence electrons. The van der Waals surface area contributed by atoms with Gasteiger partial charge in [0.25, 0.3) is 0 Å². The van der Waals surface area contributed by atoms with Gasteiger partial charge in [0.15, 0.2) is 0 Å². The quantitative estimate of drug-likeness (QED) is 0.815. The number of alkyl halides is 3. The molecule has 6 nitrogen and oxygen atoms in total. The highest BCUT2D eigenvalue weighted by Gasteiger charge is 2.35. The average molecular weight is 405 g/mol. The van der Waals surface area contributed by atoms with Crippen molar-refractivity contribution in [3.63, 3.8) is 0 Å². The molecule has 1 atom stereocenters. The van der Waals surface area contributed by atoms with Crippen molar-refractivity contribution in [2.45, 2.75) is 19.5 Å². The van der Waals surface area contributed by atoms with Crippen molar-refractivity contribution in [1.82, 2.24) is 0 Å². The molecule has 1 aliphatic rings. The predicted octanol–water partition coefficient (Wildman–Crippen LogP) is 3.66. The first-order chi connectivity index (χ1) is 13.6. The second kappa shape index (κ2) is 7.94. The second-order valence-corrected chi connectivity index (χ2v) is 6.70. The minimum absolute atomic E-state index is 0.0235. The first-order valence-corrected chi connectivity index (χ1v) is 8.79. The summed E-state index contributed by atoms with van der Waals surface area (Å²) in [6.07, 6.45) is -4.55. The minimum Gasteiger partial charge on any atom is -0.326 e. The Morgan fingerprint density at radius 3 is 2.34 bits per heavy atom. The number of benzene rings is 2. The number of nitrogens with zero attached hydrogens (tertiary/aromatic N) is 1. The van der Waals surface area contributed by atoms with Crippen LogP contribution < -0.4 is 15.5 Å². The summed E-state index contributed by atoms with van der Waals surface area (Å²) in [6, 6.07) is 10.9. The summed E-state index contributed by atoms with van der Waals surface area (Å²) < 4.78 is 38.4. The van der Waals surface area contributed by atoms with Gasteiger partial charge in [-0.2, -0.15) is 13.2 Å². The number of hydrogen-bond donors (Lipinski definition) is 2. The second-order valence-electron chi connectivity index (χ2n) is 6.70. The molecular weight excluding hydrogens is 387 g/mol. The first-order valence-electron chi connectivity index (χ1n) is 8.79.